The van der Waals surface area contributed by atoms with E-state index in [1.54, 1.807) is 36.5 Å². The molecule has 1 aromatic carbocycles. The number of ether oxygens (including phenoxy) is 1. The van der Waals surface area contributed by atoms with Gasteiger partial charge in [0.1, 0.15) is 17.0 Å². The molecule has 3 aromatic rings. The van der Waals surface area contributed by atoms with E-state index >= 15 is 0 Å². The summed E-state index contributed by atoms with van der Waals surface area (Å²) in [5, 5.41) is 3.20. The average molecular weight is 344 g/mol. The molecule has 2 heterocycles. The van der Waals surface area contributed by atoms with Crippen LogP contribution in [-0.2, 0) is 0 Å². The van der Waals surface area contributed by atoms with Gasteiger partial charge in [-0.3, -0.25) is 14.0 Å². The topological polar surface area (TPSA) is 72.7 Å². The molecule has 0 atom stereocenters. The van der Waals surface area contributed by atoms with Crippen molar-refractivity contribution in [3.63, 3.8) is 0 Å². The van der Waals surface area contributed by atoms with Gasteiger partial charge in [-0.05, 0) is 30.7 Å². The maximum absolute atomic E-state index is 12.5. The quantitative estimate of drug-likeness (QED) is 0.793. The fraction of sp³-hybridized carbons (Fsp3) is 0.118. The molecule has 1 amide bonds. The molecule has 0 unspecified atom stereocenters. The highest BCUT2D eigenvalue weighted by molar-refractivity contribution is 6.31. The largest absolute Gasteiger partial charge is 0.495 e. The minimum absolute atomic E-state index is 0.0617. The fourth-order valence-corrected chi connectivity index (χ4v) is 2.46. The number of rotatable bonds is 3. The maximum Gasteiger partial charge on any atom is 0.270 e. The Labute approximate surface area is 142 Å². The number of aromatic nitrogens is 2. The predicted molar refractivity (Wildman–Crippen MR) is 92.2 cm³/mol. The van der Waals surface area contributed by atoms with Crippen LogP contribution >= 0.6 is 11.6 Å². The van der Waals surface area contributed by atoms with Crippen LogP contribution in [0.2, 0.25) is 5.02 Å². The van der Waals surface area contributed by atoms with E-state index in [2.05, 4.69) is 10.3 Å². The van der Waals surface area contributed by atoms with Gasteiger partial charge >= 0.3 is 0 Å². The number of benzene rings is 1. The van der Waals surface area contributed by atoms with Gasteiger partial charge in [0.25, 0.3) is 11.5 Å². The van der Waals surface area contributed by atoms with Crippen molar-refractivity contribution < 1.29 is 9.53 Å². The second-order valence-corrected chi connectivity index (χ2v) is 5.57. The highest BCUT2D eigenvalue weighted by Gasteiger charge is 2.16. The van der Waals surface area contributed by atoms with Crippen LogP contribution in [0.5, 0.6) is 5.75 Å². The Morgan fingerprint density at radius 1 is 1.33 bits per heavy atom. The van der Waals surface area contributed by atoms with Crippen LogP contribution in [0.1, 0.15) is 15.9 Å². The summed E-state index contributed by atoms with van der Waals surface area (Å²) >= 11 is 6.05. The van der Waals surface area contributed by atoms with Crippen molar-refractivity contribution in [3.05, 3.63) is 69.2 Å². The lowest BCUT2D eigenvalue weighted by atomic mass is 10.2. The van der Waals surface area contributed by atoms with Gasteiger partial charge in [-0.15, -0.1) is 0 Å². The molecule has 0 spiro atoms. The van der Waals surface area contributed by atoms with Crippen LogP contribution < -0.4 is 15.6 Å². The number of hydrogen-bond acceptors (Lipinski definition) is 4. The first-order valence-corrected chi connectivity index (χ1v) is 7.51. The zero-order chi connectivity index (χ0) is 17.3. The third-order valence-corrected chi connectivity index (χ3v) is 3.99. The monoisotopic (exact) mass is 343 g/mol. The van der Waals surface area contributed by atoms with Gasteiger partial charge in [0.2, 0.25) is 0 Å². The molecule has 0 saturated carbocycles. The third-order valence-electron chi connectivity index (χ3n) is 3.59. The van der Waals surface area contributed by atoms with Crippen LogP contribution in [0.25, 0.3) is 5.65 Å². The summed E-state index contributed by atoms with van der Waals surface area (Å²) in [5.74, 6) is -0.154. The Morgan fingerprint density at radius 2 is 2.12 bits per heavy atom. The highest BCUT2D eigenvalue weighted by Crippen LogP contribution is 2.31. The number of nitrogens with one attached hydrogen (secondary N) is 1. The summed E-state index contributed by atoms with van der Waals surface area (Å²) in [7, 11) is 1.48. The van der Waals surface area contributed by atoms with Crippen molar-refractivity contribution in [3.8, 4) is 5.75 Å². The lowest BCUT2D eigenvalue weighted by molar-refractivity contribution is 0.102. The number of hydrogen-bond donors (Lipinski definition) is 1. The van der Waals surface area contributed by atoms with Gasteiger partial charge in [-0.2, -0.15) is 0 Å². The number of pyridine rings is 1. The molecule has 0 aliphatic rings. The zero-order valence-corrected chi connectivity index (χ0v) is 13.8. The molecule has 122 valence electrons. The first kappa shape index (κ1) is 16.0. The maximum atomic E-state index is 12.5. The second kappa shape index (κ2) is 6.33. The summed E-state index contributed by atoms with van der Waals surface area (Å²) in [6.07, 6.45) is 2.83. The number of methoxy groups -OCH3 is 1. The van der Waals surface area contributed by atoms with E-state index in [0.717, 1.165) is 5.56 Å². The molecule has 3 rings (SSSR count). The Hall–Kier alpha value is -2.86. The standard InChI is InChI=1S/C17H14ClN3O3/c1-10-7-13(14(24-2)8-12(10)18)20-16(22)11-9-19-15-5-3-4-6-21(15)17(11)23/h3-9H,1-2H3,(H,20,22). The predicted octanol–water partition coefficient (Wildman–Crippen LogP) is 2.92. The van der Waals surface area contributed by atoms with Gasteiger partial charge in [-0.25, -0.2) is 4.98 Å². The lowest BCUT2D eigenvalue weighted by Gasteiger charge is -2.12. The molecule has 1 N–H and O–H groups in total. The SMILES string of the molecule is COc1cc(Cl)c(C)cc1NC(=O)c1cnc2ccccn2c1=O. The molecule has 0 aliphatic carbocycles. The van der Waals surface area contributed by atoms with Crippen molar-refractivity contribution in [2.75, 3.05) is 12.4 Å². The highest BCUT2D eigenvalue weighted by atomic mass is 35.5. The molecule has 0 aliphatic heterocycles. The van der Waals surface area contributed by atoms with Gasteiger partial charge in [0.15, 0.2) is 0 Å². The van der Waals surface area contributed by atoms with Crippen LogP contribution in [0.4, 0.5) is 5.69 Å². The number of carbonyl (C=O) groups is 1. The molecule has 0 radical (unpaired) electrons. The first-order chi connectivity index (χ1) is 11.5. The van der Waals surface area contributed by atoms with E-state index in [1.807, 2.05) is 6.92 Å². The van der Waals surface area contributed by atoms with Crippen molar-refractivity contribution in [2.24, 2.45) is 0 Å². The fourth-order valence-electron chi connectivity index (χ4n) is 2.30. The molecule has 24 heavy (non-hydrogen) atoms. The van der Waals surface area contributed by atoms with E-state index in [9.17, 15) is 9.59 Å². The Morgan fingerprint density at radius 3 is 2.88 bits per heavy atom. The van der Waals surface area contributed by atoms with Gasteiger partial charge in [0.05, 0.1) is 12.8 Å². The molecule has 2 aromatic heterocycles. The van der Waals surface area contributed by atoms with E-state index < -0.39 is 11.5 Å². The van der Waals surface area contributed by atoms with Crippen molar-refractivity contribution >= 4 is 28.8 Å². The van der Waals surface area contributed by atoms with Gasteiger partial charge in [-0.1, -0.05) is 17.7 Å². The Bertz CT molecular complexity index is 998. The number of amides is 1. The summed E-state index contributed by atoms with van der Waals surface area (Å²) in [4.78, 5) is 29.1. The normalized spacial score (nSPS) is 10.6. The van der Waals surface area contributed by atoms with Crippen LogP contribution in [0.3, 0.4) is 0 Å². The number of halogens is 1. The number of nitrogens with zero attached hydrogens (tertiary/aromatic N) is 2. The zero-order valence-electron chi connectivity index (χ0n) is 13.0. The number of carbonyl (C=O) groups excluding carboxylic acids is 1. The van der Waals surface area contributed by atoms with E-state index in [0.29, 0.717) is 22.1 Å². The van der Waals surface area contributed by atoms with Crippen LogP contribution in [0, 0.1) is 6.92 Å². The van der Waals surface area contributed by atoms with Crippen LogP contribution in [0.15, 0.2) is 47.5 Å². The third kappa shape index (κ3) is 2.83. The van der Waals surface area contributed by atoms with E-state index in [4.69, 9.17) is 16.3 Å². The number of aryl methyl sites for hydroxylation is 1. The molecule has 7 heteroatoms. The molecule has 0 saturated heterocycles. The molecule has 0 bridgehead atoms. The second-order valence-electron chi connectivity index (χ2n) is 5.16. The first-order valence-electron chi connectivity index (χ1n) is 7.13. The van der Waals surface area contributed by atoms with Crippen LogP contribution in [-0.4, -0.2) is 22.4 Å². The van der Waals surface area contributed by atoms with E-state index in [-0.39, 0.29) is 5.56 Å². The number of anilines is 1. The Kier molecular flexibility index (Phi) is 4.22. The molecular formula is C17H14ClN3O3. The van der Waals surface area contributed by atoms with Crippen molar-refractivity contribution in [1.29, 1.82) is 0 Å². The summed E-state index contributed by atoms with van der Waals surface area (Å²) in [6.45, 7) is 1.81. The Balaban J connectivity index is 2.01. The summed E-state index contributed by atoms with van der Waals surface area (Å²) < 4.78 is 6.54. The van der Waals surface area contributed by atoms with Crippen molar-refractivity contribution in [1.82, 2.24) is 9.38 Å². The lowest BCUT2D eigenvalue weighted by Crippen LogP contribution is -2.26. The van der Waals surface area contributed by atoms with Gasteiger partial charge < -0.3 is 10.1 Å². The number of fused-ring (bicyclic) bond motifs is 1. The van der Waals surface area contributed by atoms with E-state index in [1.165, 1.54) is 17.7 Å². The smallest absolute Gasteiger partial charge is 0.270 e. The average Bonchev–Trinajstić information content (AvgIpc) is 2.58. The minimum Gasteiger partial charge on any atom is -0.495 e. The van der Waals surface area contributed by atoms with Gasteiger partial charge in [0, 0.05) is 23.5 Å². The summed E-state index contributed by atoms with van der Waals surface area (Å²) in [5.41, 5.74) is 1.18. The molecule has 6 nitrogen and oxygen atoms in total. The minimum atomic E-state index is -0.564. The molecular weight excluding hydrogens is 330 g/mol. The molecule has 0 fully saturated rings. The van der Waals surface area contributed by atoms with Crippen molar-refractivity contribution in [2.45, 2.75) is 6.92 Å². The summed E-state index contributed by atoms with van der Waals surface area (Å²) in [6, 6.07) is 8.45.